The molecule has 8 heteroatoms. The molecule has 1 amide bonds. The normalized spacial score (nSPS) is 19.1. The standard InChI is InChI=1S/C24H26N6O2/c31-23(19-5-2-8-26-15-19)30-9-3-6-20(17-30)22-21(18-4-1-7-25-14-18)16-27-24(28-22)29-10-12-32-13-11-29/h1-2,4-5,7-8,14-16,20H,3,6,9-13,17H2. The number of pyridine rings is 2. The number of aromatic nitrogens is 4. The Kier molecular flexibility index (Phi) is 6.02. The average Bonchev–Trinajstić information content (AvgIpc) is 2.89. The second-order valence-electron chi connectivity index (χ2n) is 8.14. The first-order valence-electron chi connectivity index (χ1n) is 11.1. The van der Waals surface area contributed by atoms with E-state index in [-0.39, 0.29) is 11.8 Å². The van der Waals surface area contributed by atoms with Gasteiger partial charge in [-0.15, -0.1) is 0 Å². The van der Waals surface area contributed by atoms with Gasteiger partial charge >= 0.3 is 0 Å². The summed E-state index contributed by atoms with van der Waals surface area (Å²) in [4.78, 5) is 35.3. The molecule has 0 aromatic carbocycles. The maximum absolute atomic E-state index is 13.1. The molecule has 0 saturated carbocycles. The van der Waals surface area contributed by atoms with E-state index in [9.17, 15) is 4.79 Å². The van der Waals surface area contributed by atoms with E-state index < -0.39 is 0 Å². The SMILES string of the molecule is O=C(c1cccnc1)N1CCCC(c2nc(N3CCOCC3)ncc2-c2cccnc2)C1. The second-order valence-corrected chi connectivity index (χ2v) is 8.14. The van der Waals surface area contributed by atoms with Gasteiger partial charge in [0.15, 0.2) is 0 Å². The van der Waals surface area contributed by atoms with Crippen molar-refractivity contribution in [2.24, 2.45) is 0 Å². The van der Waals surface area contributed by atoms with Gasteiger partial charge in [-0.1, -0.05) is 6.07 Å². The highest BCUT2D eigenvalue weighted by Gasteiger charge is 2.29. The molecule has 32 heavy (non-hydrogen) atoms. The molecule has 5 rings (SSSR count). The summed E-state index contributed by atoms with van der Waals surface area (Å²) in [6.07, 6.45) is 10.7. The summed E-state index contributed by atoms with van der Waals surface area (Å²) in [7, 11) is 0. The van der Waals surface area contributed by atoms with Crippen LogP contribution in [0.25, 0.3) is 11.1 Å². The van der Waals surface area contributed by atoms with Crippen LogP contribution in [0.4, 0.5) is 5.95 Å². The molecule has 2 fully saturated rings. The number of morpholine rings is 1. The summed E-state index contributed by atoms with van der Waals surface area (Å²) in [6.45, 7) is 4.29. The zero-order chi connectivity index (χ0) is 21.8. The van der Waals surface area contributed by atoms with E-state index in [2.05, 4.69) is 19.9 Å². The molecule has 2 aliphatic rings. The van der Waals surface area contributed by atoms with E-state index >= 15 is 0 Å². The highest BCUT2D eigenvalue weighted by molar-refractivity contribution is 5.94. The number of piperidine rings is 1. The van der Waals surface area contributed by atoms with E-state index in [4.69, 9.17) is 9.72 Å². The Balaban J connectivity index is 1.47. The minimum atomic E-state index is 0.0215. The number of amides is 1. The molecule has 1 unspecified atom stereocenters. The number of carbonyl (C=O) groups is 1. The lowest BCUT2D eigenvalue weighted by molar-refractivity contribution is 0.0705. The van der Waals surface area contributed by atoms with Crippen LogP contribution < -0.4 is 4.90 Å². The fraction of sp³-hybridized carbons (Fsp3) is 0.375. The number of ether oxygens (including phenoxy) is 1. The summed E-state index contributed by atoms with van der Waals surface area (Å²) in [5, 5.41) is 0. The molecular formula is C24H26N6O2. The van der Waals surface area contributed by atoms with Gasteiger partial charge < -0.3 is 14.5 Å². The summed E-state index contributed by atoms with van der Waals surface area (Å²) >= 11 is 0. The van der Waals surface area contributed by atoms with E-state index in [1.165, 1.54) is 0 Å². The minimum Gasteiger partial charge on any atom is -0.378 e. The van der Waals surface area contributed by atoms with E-state index in [0.29, 0.717) is 25.3 Å². The van der Waals surface area contributed by atoms with Crippen molar-refractivity contribution in [2.45, 2.75) is 18.8 Å². The zero-order valence-corrected chi connectivity index (χ0v) is 17.9. The molecule has 0 bridgehead atoms. The molecule has 0 aliphatic carbocycles. The van der Waals surface area contributed by atoms with Crippen LogP contribution in [0.5, 0.6) is 0 Å². The number of rotatable bonds is 4. The molecule has 0 radical (unpaired) electrons. The average molecular weight is 431 g/mol. The van der Waals surface area contributed by atoms with Crippen molar-refractivity contribution in [3.05, 3.63) is 66.5 Å². The third-order valence-corrected chi connectivity index (χ3v) is 6.08. The monoisotopic (exact) mass is 430 g/mol. The summed E-state index contributed by atoms with van der Waals surface area (Å²) < 4.78 is 5.49. The Morgan fingerprint density at radius 2 is 1.81 bits per heavy atom. The third-order valence-electron chi connectivity index (χ3n) is 6.08. The number of hydrogen-bond acceptors (Lipinski definition) is 7. The Labute approximate surface area is 187 Å². The van der Waals surface area contributed by atoms with Crippen molar-refractivity contribution in [3.8, 4) is 11.1 Å². The van der Waals surface area contributed by atoms with Crippen LogP contribution in [0.3, 0.4) is 0 Å². The van der Waals surface area contributed by atoms with E-state index in [1.807, 2.05) is 35.5 Å². The van der Waals surface area contributed by atoms with Crippen LogP contribution in [-0.4, -0.2) is 70.1 Å². The molecular weight excluding hydrogens is 404 g/mol. The molecule has 8 nitrogen and oxygen atoms in total. The summed E-state index contributed by atoms with van der Waals surface area (Å²) in [5.41, 5.74) is 3.58. The van der Waals surface area contributed by atoms with Crippen molar-refractivity contribution >= 4 is 11.9 Å². The maximum atomic E-state index is 13.1. The number of nitrogens with zero attached hydrogens (tertiary/aromatic N) is 6. The quantitative estimate of drug-likeness (QED) is 0.629. The topological polar surface area (TPSA) is 84.3 Å². The molecule has 1 atom stereocenters. The zero-order valence-electron chi connectivity index (χ0n) is 17.9. The molecule has 0 N–H and O–H groups in total. The van der Waals surface area contributed by atoms with Crippen LogP contribution in [0, 0.1) is 0 Å². The number of likely N-dealkylation sites (tertiary alicyclic amines) is 1. The molecule has 3 aromatic rings. The lowest BCUT2D eigenvalue weighted by atomic mass is 9.90. The molecule has 164 valence electrons. The lowest BCUT2D eigenvalue weighted by Crippen LogP contribution is -2.40. The van der Waals surface area contributed by atoms with Crippen LogP contribution in [0.15, 0.2) is 55.2 Å². The van der Waals surface area contributed by atoms with Gasteiger partial charge in [-0.2, -0.15) is 0 Å². The first kappa shape index (κ1) is 20.5. The molecule has 5 heterocycles. The fourth-order valence-corrected chi connectivity index (χ4v) is 4.41. The van der Waals surface area contributed by atoms with Crippen LogP contribution in [0.1, 0.15) is 34.8 Å². The predicted octanol–water partition coefficient (Wildman–Crippen LogP) is 2.79. The van der Waals surface area contributed by atoms with Gasteiger partial charge in [0.05, 0.1) is 24.5 Å². The van der Waals surface area contributed by atoms with Gasteiger partial charge in [0, 0.05) is 74.2 Å². The van der Waals surface area contributed by atoms with Crippen LogP contribution >= 0.6 is 0 Å². The van der Waals surface area contributed by atoms with Gasteiger partial charge in [0.1, 0.15) is 0 Å². The molecule has 2 saturated heterocycles. The summed E-state index contributed by atoms with van der Waals surface area (Å²) in [6, 6.07) is 7.58. The Bertz CT molecular complexity index is 1060. The van der Waals surface area contributed by atoms with E-state index in [1.54, 1.807) is 24.7 Å². The molecule has 2 aliphatic heterocycles. The largest absolute Gasteiger partial charge is 0.378 e. The van der Waals surface area contributed by atoms with Crippen LogP contribution in [-0.2, 0) is 4.74 Å². The Hall–Kier alpha value is -3.39. The Morgan fingerprint density at radius 3 is 2.56 bits per heavy atom. The van der Waals surface area contributed by atoms with E-state index in [0.717, 1.165) is 55.2 Å². The second kappa shape index (κ2) is 9.40. The highest BCUT2D eigenvalue weighted by atomic mass is 16.5. The Morgan fingerprint density at radius 1 is 1.00 bits per heavy atom. The van der Waals surface area contributed by atoms with Gasteiger partial charge in [-0.05, 0) is 31.0 Å². The maximum Gasteiger partial charge on any atom is 0.255 e. The molecule has 3 aromatic heterocycles. The van der Waals surface area contributed by atoms with Gasteiger partial charge in [0.2, 0.25) is 5.95 Å². The predicted molar refractivity (Wildman–Crippen MR) is 120 cm³/mol. The number of carbonyl (C=O) groups excluding carboxylic acids is 1. The number of anilines is 1. The van der Waals surface area contributed by atoms with Crippen molar-refractivity contribution in [3.63, 3.8) is 0 Å². The smallest absolute Gasteiger partial charge is 0.255 e. The first-order valence-corrected chi connectivity index (χ1v) is 11.1. The third kappa shape index (κ3) is 4.31. The van der Waals surface area contributed by atoms with Gasteiger partial charge in [0.25, 0.3) is 5.91 Å². The van der Waals surface area contributed by atoms with Crippen molar-refractivity contribution in [1.82, 2.24) is 24.8 Å². The first-order chi connectivity index (χ1) is 15.8. The van der Waals surface area contributed by atoms with Crippen molar-refractivity contribution < 1.29 is 9.53 Å². The summed E-state index contributed by atoms with van der Waals surface area (Å²) in [5.74, 6) is 0.877. The van der Waals surface area contributed by atoms with Crippen LogP contribution in [0.2, 0.25) is 0 Å². The highest BCUT2D eigenvalue weighted by Crippen LogP contribution is 2.34. The number of hydrogen-bond donors (Lipinski definition) is 0. The fourth-order valence-electron chi connectivity index (χ4n) is 4.41. The van der Waals surface area contributed by atoms with Crippen molar-refractivity contribution in [1.29, 1.82) is 0 Å². The van der Waals surface area contributed by atoms with Gasteiger partial charge in [-0.25, -0.2) is 9.97 Å². The molecule has 0 spiro atoms. The van der Waals surface area contributed by atoms with Gasteiger partial charge in [-0.3, -0.25) is 14.8 Å². The lowest BCUT2D eigenvalue weighted by Gasteiger charge is -2.34. The minimum absolute atomic E-state index is 0.0215. The van der Waals surface area contributed by atoms with Crippen molar-refractivity contribution in [2.75, 3.05) is 44.3 Å².